The van der Waals surface area contributed by atoms with Crippen LogP contribution in [0.5, 0.6) is 5.75 Å². The van der Waals surface area contributed by atoms with E-state index in [1.807, 2.05) is 48.5 Å². The Balaban J connectivity index is 1.59. The summed E-state index contributed by atoms with van der Waals surface area (Å²) in [6.07, 6.45) is 6.86. The molecule has 33 heavy (non-hydrogen) atoms. The quantitative estimate of drug-likeness (QED) is 0.160. The fraction of sp³-hybridized carbons (Fsp3) is 0.367. The number of carbonyl (C=O) groups is 1. The zero-order valence-electron chi connectivity index (χ0n) is 20.2. The van der Waals surface area contributed by atoms with E-state index in [-0.39, 0.29) is 12.1 Å². The summed E-state index contributed by atoms with van der Waals surface area (Å²) in [5.74, 6) is 0.316. The third-order valence-corrected chi connectivity index (χ3v) is 5.89. The molecule has 1 atom stereocenters. The lowest BCUT2D eigenvalue weighted by Crippen LogP contribution is -2.09. The molecule has 1 unspecified atom stereocenters. The maximum atomic E-state index is 12.6. The molecule has 3 aromatic carbocycles. The lowest BCUT2D eigenvalue weighted by molar-refractivity contribution is 0.0628. The number of ether oxygens (including phenoxy) is 2. The Labute approximate surface area is 198 Å². The molecule has 0 aliphatic carbocycles. The predicted octanol–water partition coefficient (Wildman–Crippen LogP) is 8.18. The first-order chi connectivity index (χ1) is 16.1. The van der Waals surface area contributed by atoms with Crippen LogP contribution in [0.3, 0.4) is 0 Å². The highest BCUT2D eigenvalue weighted by Gasteiger charge is 2.12. The second-order valence-electron chi connectivity index (χ2n) is 8.52. The standard InChI is InChI=1S/C30H36O3/c1-4-6-7-10-22-32-23(3)24-14-16-25(17-15-24)26-18-20-28(21-19-26)30(31)33-29-13-9-8-12-27(29)11-5-2/h8-9,12-21,23H,4-7,10-11,22H2,1-3H3. The van der Waals surface area contributed by atoms with Crippen molar-refractivity contribution in [3.8, 4) is 16.9 Å². The van der Waals surface area contributed by atoms with E-state index in [2.05, 4.69) is 45.0 Å². The Morgan fingerprint density at radius 1 is 0.788 bits per heavy atom. The van der Waals surface area contributed by atoms with Crippen molar-refractivity contribution in [3.63, 3.8) is 0 Å². The van der Waals surface area contributed by atoms with Crippen LogP contribution in [0, 0.1) is 0 Å². The summed E-state index contributed by atoms with van der Waals surface area (Å²) in [5.41, 5.74) is 4.97. The van der Waals surface area contributed by atoms with Crippen LogP contribution < -0.4 is 4.74 Å². The summed E-state index contributed by atoms with van der Waals surface area (Å²) >= 11 is 0. The molecule has 0 saturated carbocycles. The first-order valence-electron chi connectivity index (χ1n) is 12.2. The van der Waals surface area contributed by atoms with Crippen LogP contribution in [0.25, 0.3) is 11.1 Å². The minimum atomic E-state index is -0.328. The minimum Gasteiger partial charge on any atom is -0.423 e. The van der Waals surface area contributed by atoms with Gasteiger partial charge in [-0.05, 0) is 60.2 Å². The molecule has 3 rings (SSSR count). The maximum absolute atomic E-state index is 12.6. The van der Waals surface area contributed by atoms with Gasteiger partial charge in [0.05, 0.1) is 11.7 Å². The Bertz CT molecular complexity index is 990. The molecule has 0 bridgehead atoms. The number of hydrogen-bond donors (Lipinski definition) is 0. The van der Waals surface area contributed by atoms with Crippen LogP contribution in [-0.2, 0) is 11.2 Å². The van der Waals surface area contributed by atoms with Gasteiger partial charge in [-0.25, -0.2) is 4.79 Å². The molecule has 0 heterocycles. The Morgan fingerprint density at radius 2 is 1.45 bits per heavy atom. The van der Waals surface area contributed by atoms with Gasteiger partial charge in [-0.3, -0.25) is 0 Å². The van der Waals surface area contributed by atoms with Crippen LogP contribution in [0.1, 0.15) is 80.5 Å². The number of rotatable bonds is 12. The summed E-state index contributed by atoms with van der Waals surface area (Å²) in [4.78, 5) is 12.6. The Morgan fingerprint density at radius 3 is 2.12 bits per heavy atom. The van der Waals surface area contributed by atoms with E-state index in [9.17, 15) is 4.79 Å². The van der Waals surface area contributed by atoms with E-state index in [0.29, 0.717) is 11.3 Å². The normalized spacial score (nSPS) is 11.8. The molecule has 0 amide bonds. The molecule has 3 aromatic rings. The van der Waals surface area contributed by atoms with Gasteiger partial charge in [-0.15, -0.1) is 0 Å². The van der Waals surface area contributed by atoms with Crippen LogP contribution in [0.4, 0.5) is 0 Å². The third-order valence-electron chi connectivity index (χ3n) is 5.89. The molecule has 0 spiro atoms. The van der Waals surface area contributed by atoms with E-state index < -0.39 is 0 Å². The molecule has 0 radical (unpaired) electrons. The molecular weight excluding hydrogens is 408 g/mol. The number of aryl methyl sites for hydroxylation is 1. The summed E-state index contributed by atoms with van der Waals surface area (Å²) in [5, 5.41) is 0. The van der Waals surface area contributed by atoms with Crippen molar-refractivity contribution < 1.29 is 14.3 Å². The molecular formula is C30H36O3. The molecule has 3 heteroatoms. The first kappa shape index (κ1) is 24.7. The van der Waals surface area contributed by atoms with Crippen molar-refractivity contribution in [1.82, 2.24) is 0 Å². The molecule has 0 saturated heterocycles. The van der Waals surface area contributed by atoms with Gasteiger partial charge in [0, 0.05) is 6.61 Å². The van der Waals surface area contributed by atoms with Crippen LogP contribution in [0.2, 0.25) is 0 Å². The minimum absolute atomic E-state index is 0.0911. The largest absolute Gasteiger partial charge is 0.423 e. The Kier molecular flexibility index (Phi) is 9.71. The van der Waals surface area contributed by atoms with Gasteiger partial charge in [-0.2, -0.15) is 0 Å². The Hall–Kier alpha value is -2.91. The van der Waals surface area contributed by atoms with Gasteiger partial charge in [0.25, 0.3) is 0 Å². The van der Waals surface area contributed by atoms with E-state index in [4.69, 9.17) is 9.47 Å². The van der Waals surface area contributed by atoms with Crippen LogP contribution in [-0.4, -0.2) is 12.6 Å². The van der Waals surface area contributed by atoms with E-state index >= 15 is 0 Å². The summed E-state index contributed by atoms with van der Waals surface area (Å²) in [7, 11) is 0. The molecule has 0 aromatic heterocycles. The highest BCUT2D eigenvalue weighted by molar-refractivity contribution is 5.91. The second kappa shape index (κ2) is 13.0. The summed E-state index contributed by atoms with van der Waals surface area (Å²) in [6, 6.07) is 23.8. The van der Waals surface area contributed by atoms with Crippen molar-refractivity contribution in [2.45, 2.75) is 65.4 Å². The van der Waals surface area contributed by atoms with Gasteiger partial charge in [-0.1, -0.05) is 94.1 Å². The average Bonchev–Trinajstić information content (AvgIpc) is 2.85. The number of hydrogen-bond acceptors (Lipinski definition) is 3. The van der Waals surface area contributed by atoms with E-state index in [0.717, 1.165) is 42.6 Å². The van der Waals surface area contributed by atoms with Crippen molar-refractivity contribution in [2.75, 3.05) is 6.61 Å². The van der Waals surface area contributed by atoms with Crippen molar-refractivity contribution >= 4 is 5.97 Å². The molecule has 0 fully saturated rings. The van der Waals surface area contributed by atoms with Crippen molar-refractivity contribution in [2.24, 2.45) is 0 Å². The van der Waals surface area contributed by atoms with Gasteiger partial charge in [0.1, 0.15) is 5.75 Å². The second-order valence-corrected chi connectivity index (χ2v) is 8.52. The smallest absolute Gasteiger partial charge is 0.343 e. The van der Waals surface area contributed by atoms with Crippen molar-refractivity contribution in [1.29, 1.82) is 0 Å². The summed E-state index contributed by atoms with van der Waals surface area (Å²) in [6.45, 7) is 7.25. The van der Waals surface area contributed by atoms with Gasteiger partial charge in [0.15, 0.2) is 0 Å². The number of carbonyl (C=O) groups excluding carboxylic acids is 1. The molecule has 174 valence electrons. The lowest BCUT2D eigenvalue weighted by atomic mass is 10.0. The number of benzene rings is 3. The number of esters is 1. The van der Waals surface area contributed by atoms with Crippen molar-refractivity contribution in [3.05, 3.63) is 89.5 Å². The molecule has 3 nitrogen and oxygen atoms in total. The van der Waals surface area contributed by atoms with E-state index in [1.165, 1.54) is 24.8 Å². The molecule has 0 aliphatic rings. The highest BCUT2D eigenvalue weighted by atomic mass is 16.5. The van der Waals surface area contributed by atoms with E-state index in [1.54, 1.807) is 0 Å². The zero-order valence-corrected chi connectivity index (χ0v) is 20.2. The molecule has 0 N–H and O–H groups in total. The average molecular weight is 445 g/mol. The van der Waals surface area contributed by atoms with Gasteiger partial charge >= 0.3 is 5.97 Å². The third kappa shape index (κ3) is 7.30. The fourth-order valence-corrected chi connectivity index (χ4v) is 3.87. The number of unbranched alkanes of at least 4 members (excludes halogenated alkanes) is 3. The SMILES string of the molecule is CCCCCCOC(C)c1ccc(-c2ccc(C(=O)Oc3ccccc3CCC)cc2)cc1. The fourth-order valence-electron chi connectivity index (χ4n) is 3.87. The summed E-state index contributed by atoms with van der Waals surface area (Å²) < 4.78 is 11.7. The highest BCUT2D eigenvalue weighted by Crippen LogP contribution is 2.25. The van der Waals surface area contributed by atoms with Crippen LogP contribution in [0.15, 0.2) is 72.8 Å². The molecule has 0 aliphatic heterocycles. The van der Waals surface area contributed by atoms with Gasteiger partial charge in [0.2, 0.25) is 0 Å². The monoisotopic (exact) mass is 444 g/mol. The van der Waals surface area contributed by atoms with Crippen LogP contribution >= 0.6 is 0 Å². The topological polar surface area (TPSA) is 35.5 Å². The van der Waals surface area contributed by atoms with Gasteiger partial charge < -0.3 is 9.47 Å². The predicted molar refractivity (Wildman–Crippen MR) is 136 cm³/mol. The maximum Gasteiger partial charge on any atom is 0.343 e. The number of para-hydroxylation sites is 1. The lowest BCUT2D eigenvalue weighted by Gasteiger charge is -2.14. The first-order valence-corrected chi connectivity index (χ1v) is 12.2. The zero-order chi connectivity index (χ0) is 23.5.